The van der Waals surface area contributed by atoms with Crippen LogP contribution in [0.3, 0.4) is 0 Å². The van der Waals surface area contributed by atoms with Crippen molar-refractivity contribution in [2.75, 3.05) is 4.90 Å². The molecule has 0 unspecified atom stereocenters. The number of carbonyl (C=O) groups excluding carboxylic acids is 1. The van der Waals surface area contributed by atoms with Gasteiger partial charge in [-0.3, -0.25) is 9.78 Å². The number of aromatic nitrogens is 1. The Labute approximate surface area is 147 Å². The van der Waals surface area contributed by atoms with E-state index in [1.165, 1.54) is 11.2 Å². The van der Waals surface area contributed by atoms with E-state index in [-0.39, 0.29) is 12.1 Å². The monoisotopic (exact) mass is 360 g/mol. The van der Waals surface area contributed by atoms with E-state index in [9.17, 15) is 18.0 Å². The second-order valence-corrected chi connectivity index (χ2v) is 5.74. The van der Waals surface area contributed by atoms with Gasteiger partial charge in [-0.2, -0.15) is 13.2 Å². The highest BCUT2D eigenvalue weighted by molar-refractivity contribution is 6.05. The van der Waals surface area contributed by atoms with Crippen LogP contribution in [0.4, 0.5) is 18.9 Å². The number of hydrogen-bond acceptors (Lipinski definition) is 3. The first-order chi connectivity index (χ1) is 12.3. The first-order valence-corrected chi connectivity index (χ1v) is 7.79. The molecule has 0 fully saturated rings. The highest BCUT2D eigenvalue weighted by Crippen LogP contribution is 2.28. The van der Waals surface area contributed by atoms with Gasteiger partial charge < -0.3 is 9.32 Å². The van der Waals surface area contributed by atoms with Crippen LogP contribution < -0.4 is 4.90 Å². The largest absolute Gasteiger partial charge is 0.467 e. The first kappa shape index (κ1) is 17.7. The van der Waals surface area contributed by atoms with Gasteiger partial charge in [-0.05, 0) is 43.3 Å². The van der Waals surface area contributed by atoms with Crippen molar-refractivity contribution in [3.63, 3.8) is 0 Å². The molecule has 0 aliphatic rings. The van der Waals surface area contributed by atoms with Gasteiger partial charge in [0.05, 0.1) is 18.4 Å². The first-order valence-electron chi connectivity index (χ1n) is 7.79. The van der Waals surface area contributed by atoms with Crippen molar-refractivity contribution in [1.29, 1.82) is 0 Å². The number of rotatable bonds is 4. The van der Waals surface area contributed by atoms with Crippen molar-refractivity contribution in [3.05, 3.63) is 83.6 Å². The van der Waals surface area contributed by atoms with Crippen molar-refractivity contribution in [2.45, 2.75) is 19.6 Å². The normalized spacial score (nSPS) is 11.4. The topological polar surface area (TPSA) is 46.3 Å². The maximum Gasteiger partial charge on any atom is 0.433 e. The predicted octanol–water partition coefficient (Wildman–Crippen LogP) is 4.85. The summed E-state index contributed by atoms with van der Waals surface area (Å²) in [6.07, 6.45) is -2.12. The molecule has 1 aromatic carbocycles. The van der Waals surface area contributed by atoms with Gasteiger partial charge in [-0.25, -0.2) is 0 Å². The Morgan fingerprint density at radius 1 is 1.12 bits per heavy atom. The number of carbonyl (C=O) groups is 1. The van der Waals surface area contributed by atoms with Crippen LogP contribution in [-0.2, 0) is 12.7 Å². The number of pyridine rings is 1. The molecule has 0 atom stereocenters. The van der Waals surface area contributed by atoms with E-state index in [4.69, 9.17) is 4.42 Å². The van der Waals surface area contributed by atoms with Crippen molar-refractivity contribution in [2.24, 2.45) is 0 Å². The molecule has 3 aromatic rings. The van der Waals surface area contributed by atoms with Crippen LogP contribution in [0.1, 0.15) is 27.4 Å². The zero-order valence-electron chi connectivity index (χ0n) is 13.8. The number of alkyl halides is 3. The van der Waals surface area contributed by atoms with Gasteiger partial charge in [0.2, 0.25) is 0 Å². The lowest BCUT2D eigenvalue weighted by Crippen LogP contribution is -2.30. The minimum atomic E-state index is -4.55. The minimum Gasteiger partial charge on any atom is -0.467 e. The number of furan rings is 1. The molecular formula is C19H15F3N2O2. The summed E-state index contributed by atoms with van der Waals surface area (Å²) in [5, 5.41) is 0. The minimum absolute atomic E-state index is 0.0603. The van der Waals surface area contributed by atoms with E-state index < -0.39 is 17.8 Å². The quantitative estimate of drug-likeness (QED) is 0.668. The molecule has 0 saturated heterocycles. The molecule has 4 nitrogen and oxygen atoms in total. The molecule has 134 valence electrons. The van der Waals surface area contributed by atoms with Crippen LogP contribution in [0.5, 0.6) is 0 Å². The van der Waals surface area contributed by atoms with Crippen molar-refractivity contribution < 1.29 is 22.4 Å². The number of amides is 1. The number of benzene rings is 1. The molecule has 3 rings (SSSR count). The second kappa shape index (κ2) is 7.03. The van der Waals surface area contributed by atoms with E-state index in [1.54, 1.807) is 24.3 Å². The third-order valence-electron chi connectivity index (χ3n) is 3.79. The fourth-order valence-electron chi connectivity index (χ4n) is 2.41. The Kier molecular flexibility index (Phi) is 4.79. The fraction of sp³-hybridized carbons (Fsp3) is 0.158. The lowest BCUT2D eigenvalue weighted by atomic mass is 10.1. The Bertz CT molecular complexity index is 871. The van der Waals surface area contributed by atoms with Crippen LogP contribution in [0.25, 0.3) is 0 Å². The average molecular weight is 360 g/mol. The average Bonchev–Trinajstić information content (AvgIpc) is 3.13. The van der Waals surface area contributed by atoms with E-state index in [0.717, 1.165) is 23.9 Å². The summed E-state index contributed by atoms with van der Waals surface area (Å²) in [6.45, 7) is 2.07. The van der Waals surface area contributed by atoms with E-state index >= 15 is 0 Å². The van der Waals surface area contributed by atoms with Crippen molar-refractivity contribution in [3.8, 4) is 0 Å². The number of nitrogens with zero attached hydrogens (tertiary/aromatic N) is 2. The SMILES string of the molecule is Cc1ccc(N(Cc2ccco2)C(=O)c2ccc(C(F)(F)F)nc2)cc1. The van der Waals surface area contributed by atoms with Gasteiger partial charge in [-0.1, -0.05) is 17.7 Å². The van der Waals surface area contributed by atoms with Gasteiger partial charge in [0.25, 0.3) is 5.91 Å². The third-order valence-corrected chi connectivity index (χ3v) is 3.79. The van der Waals surface area contributed by atoms with E-state index in [2.05, 4.69) is 4.98 Å². The van der Waals surface area contributed by atoms with Gasteiger partial charge in [0, 0.05) is 11.9 Å². The summed E-state index contributed by atoms with van der Waals surface area (Å²) in [5.74, 6) is 0.0882. The second-order valence-electron chi connectivity index (χ2n) is 5.74. The van der Waals surface area contributed by atoms with E-state index in [1.807, 2.05) is 19.1 Å². The zero-order valence-corrected chi connectivity index (χ0v) is 13.8. The fourth-order valence-corrected chi connectivity index (χ4v) is 2.41. The van der Waals surface area contributed by atoms with Crippen LogP contribution in [0, 0.1) is 6.92 Å². The summed E-state index contributed by atoms with van der Waals surface area (Å²) in [7, 11) is 0. The molecule has 0 aliphatic heterocycles. The highest BCUT2D eigenvalue weighted by atomic mass is 19.4. The molecule has 0 spiro atoms. The molecule has 2 heterocycles. The van der Waals surface area contributed by atoms with Crippen LogP contribution in [0.2, 0.25) is 0 Å². The Morgan fingerprint density at radius 2 is 1.85 bits per heavy atom. The lowest BCUT2D eigenvalue weighted by molar-refractivity contribution is -0.141. The Balaban J connectivity index is 1.92. The van der Waals surface area contributed by atoms with Gasteiger partial charge in [0.1, 0.15) is 11.5 Å². The standard InChI is InChI=1S/C19H15F3N2O2/c1-13-4-7-15(8-5-13)24(12-16-3-2-10-26-16)18(25)14-6-9-17(23-11-14)19(20,21)22/h2-11H,12H2,1H3. The molecule has 0 saturated carbocycles. The number of anilines is 1. The smallest absolute Gasteiger partial charge is 0.433 e. The molecule has 2 aromatic heterocycles. The summed E-state index contributed by atoms with van der Waals surface area (Å²) in [5.41, 5.74) is 0.652. The van der Waals surface area contributed by atoms with Crippen LogP contribution >= 0.6 is 0 Å². The molecule has 7 heteroatoms. The molecular weight excluding hydrogens is 345 g/mol. The van der Waals surface area contributed by atoms with E-state index in [0.29, 0.717) is 11.4 Å². The maximum absolute atomic E-state index is 12.9. The molecule has 0 aliphatic carbocycles. The summed E-state index contributed by atoms with van der Waals surface area (Å²) < 4.78 is 43.3. The van der Waals surface area contributed by atoms with Crippen LogP contribution in [0.15, 0.2) is 65.4 Å². The molecule has 1 amide bonds. The summed E-state index contributed by atoms with van der Waals surface area (Å²) in [6, 6.07) is 12.6. The van der Waals surface area contributed by atoms with Crippen molar-refractivity contribution in [1.82, 2.24) is 4.98 Å². The number of aryl methyl sites for hydroxylation is 1. The highest BCUT2D eigenvalue weighted by Gasteiger charge is 2.32. The molecule has 0 N–H and O–H groups in total. The lowest BCUT2D eigenvalue weighted by Gasteiger charge is -2.22. The molecule has 0 radical (unpaired) electrons. The molecule has 0 bridgehead atoms. The van der Waals surface area contributed by atoms with Gasteiger partial charge in [0.15, 0.2) is 0 Å². The van der Waals surface area contributed by atoms with Gasteiger partial charge in [-0.15, -0.1) is 0 Å². The van der Waals surface area contributed by atoms with Crippen LogP contribution in [-0.4, -0.2) is 10.9 Å². The Hall–Kier alpha value is -3.09. The van der Waals surface area contributed by atoms with Gasteiger partial charge >= 0.3 is 6.18 Å². The third kappa shape index (κ3) is 3.93. The molecule has 26 heavy (non-hydrogen) atoms. The summed E-state index contributed by atoms with van der Waals surface area (Å²) in [4.78, 5) is 17.7. The predicted molar refractivity (Wildman–Crippen MR) is 89.6 cm³/mol. The van der Waals surface area contributed by atoms with Crippen molar-refractivity contribution >= 4 is 11.6 Å². The number of halogens is 3. The maximum atomic E-state index is 12.9. The summed E-state index contributed by atoms with van der Waals surface area (Å²) >= 11 is 0. The zero-order chi connectivity index (χ0) is 18.7. The Morgan fingerprint density at radius 3 is 2.38 bits per heavy atom. The number of hydrogen-bond donors (Lipinski definition) is 0.